The van der Waals surface area contributed by atoms with E-state index in [1.165, 1.54) is 12.1 Å². The van der Waals surface area contributed by atoms with Crippen molar-refractivity contribution in [3.8, 4) is 0 Å². The summed E-state index contributed by atoms with van der Waals surface area (Å²) in [6.07, 6.45) is -2.46. The number of imide groups is 1. The lowest BCUT2D eigenvalue weighted by Crippen LogP contribution is -2.40. The average molecular weight is 436 g/mol. The minimum absolute atomic E-state index is 0.190. The molecule has 2 heterocycles. The molecular formula is C21H17ClF3N3O2. The molecule has 156 valence electrons. The fraction of sp³-hybridized carbons (Fsp3) is 0.238. The first kappa shape index (κ1) is 20.4. The van der Waals surface area contributed by atoms with Crippen molar-refractivity contribution in [3.63, 3.8) is 0 Å². The fourth-order valence-electron chi connectivity index (χ4n) is 3.69. The third-order valence-corrected chi connectivity index (χ3v) is 5.35. The summed E-state index contributed by atoms with van der Waals surface area (Å²) < 4.78 is 39.9. The lowest BCUT2D eigenvalue weighted by Gasteiger charge is -2.20. The molecule has 0 radical (unpaired) electrons. The van der Waals surface area contributed by atoms with Crippen molar-refractivity contribution in [2.75, 3.05) is 11.4 Å². The van der Waals surface area contributed by atoms with E-state index in [4.69, 9.17) is 11.6 Å². The third kappa shape index (κ3) is 3.80. The van der Waals surface area contributed by atoms with Crippen LogP contribution in [0.3, 0.4) is 0 Å². The van der Waals surface area contributed by atoms with Crippen LogP contribution in [0.4, 0.5) is 18.9 Å². The molecule has 5 nitrogen and oxygen atoms in total. The van der Waals surface area contributed by atoms with Crippen molar-refractivity contribution in [2.24, 2.45) is 0 Å². The molecule has 1 fully saturated rings. The molecule has 1 aliphatic heterocycles. The smallest absolute Gasteiger partial charge is 0.361 e. The van der Waals surface area contributed by atoms with Crippen LogP contribution in [0.2, 0.25) is 5.02 Å². The van der Waals surface area contributed by atoms with Gasteiger partial charge in [-0.25, -0.2) is 4.90 Å². The van der Waals surface area contributed by atoms with Gasteiger partial charge in [-0.15, -0.1) is 0 Å². The number of aromatic amines is 1. The Morgan fingerprint density at radius 1 is 1.17 bits per heavy atom. The zero-order valence-electron chi connectivity index (χ0n) is 15.6. The van der Waals surface area contributed by atoms with Gasteiger partial charge >= 0.3 is 6.18 Å². The number of aromatic nitrogens is 1. The predicted octanol–water partition coefficient (Wildman–Crippen LogP) is 4.30. The molecule has 0 spiro atoms. The molecule has 3 aromatic rings. The number of nitrogens with one attached hydrogen (secondary N) is 2. The molecule has 2 amide bonds. The standard InChI is InChI=1S/C21H17ClF3N3O2/c22-13-5-6-16-14(9-13)12(11-27-16)7-8-26-17-10-19(29)28(20(17)30)18-4-2-1-3-15(18)21(23,24)25/h1-6,9,11,17,26-27H,7-8,10H2. The Balaban J connectivity index is 1.47. The molecule has 0 saturated carbocycles. The number of para-hydroxylation sites is 1. The van der Waals surface area contributed by atoms with Crippen LogP contribution in [0.15, 0.2) is 48.7 Å². The lowest BCUT2D eigenvalue weighted by molar-refractivity contribution is -0.137. The number of benzene rings is 2. The van der Waals surface area contributed by atoms with E-state index in [0.29, 0.717) is 22.9 Å². The zero-order valence-corrected chi connectivity index (χ0v) is 16.3. The Labute approximate surface area is 174 Å². The number of halogens is 4. The summed E-state index contributed by atoms with van der Waals surface area (Å²) in [6, 6.07) is 9.20. The Morgan fingerprint density at radius 2 is 1.93 bits per heavy atom. The molecule has 4 rings (SSSR count). The van der Waals surface area contributed by atoms with Crippen molar-refractivity contribution in [1.82, 2.24) is 10.3 Å². The molecule has 0 bridgehead atoms. The maximum Gasteiger partial charge on any atom is 0.418 e. The highest BCUT2D eigenvalue weighted by Gasteiger charge is 2.43. The van der Waals surface area contributed by atoms with E-state index >= 15 is 0 Å². The van der Waals surface area contributed by atoms with Gasteiger partial charge in [-0.1, -0.05) is 23.7 Å². The van der Waals surface area contributed by atoms with Gasteiger partial charge in [-0.2, -0.15) is 13.2 Å². The van der Waals surface area contributed by atoms with E-state index in [0.717, 1.165) is 28.6 Å². The zero-order chi connectivity index (χ0) is 21.5. The molecular weight excluding hydrogens is 419 g/mol. The maximum atomic E-state index is 13.3. The molecule has 1 unspecified atom stereocenters. The molecule has 1 aromatic heterocycles. The van der Waals surface area contributed by atoms with E-state index < -0.39 is 35.3 Å². The number of carbonyl (C=O) groups excluding carboxylic acids is 2. The molecule has 2 N–H and O–H groups in total. The topological polar surface area (TPSA) is 65.2 Å². The summed E-state index contributed by atoms with van der Waals surface area (Å²) in [7, 11) is 0. The number of hydrogen-bond acceptors (Lipinski definition) is 3. The molecule has 1 aliphatic rings. The van der Waals surface area contributed by atoms with Gasteiger partial charge in [0.25, 0.3) is 5.91 Å². The van der Waals surface area contributed by atoms with Gasteiger partial charge < -0.3 is 10.3 Å². The monoisotopic (exact) mass is 435 g/mol. The van der Waals surface area contributed by atoms with Crippen LogP contribution < -0.4 is 10.2 Å². The molecule has 2 aromatic carbocycles. The summed E-state index contributed by atoms with van der Waals surface area (Å²) in [5, 5.41) is 4.56. The number of amides is 2. The summed E-state index contributed by atoms with van der Waals surface area (Å²) in [6.45, 7) is 0.373. The van der Waals surface area contributed by atoms with Crippen LogP contribution in [-0.2, 0) is 22.2 Å². The highest BCUT2D eigenvalue weighted by molar-refractivity contribution is 6.31. The van der Waals surface area contributed by atoms with Crippen LogP contribution in [0, 0.1) is 0 Å². The molecule has 1 atom stereocenters. The van der Waals surface area contributed by atoms with E-state index in [2.05, 4.69) is 10.3 Å². The van der Waals surface area contributed by atoms with Crippen LogP contribution in [0.1, 0.15) is 17.5 Å². The van der Waals surface area contributed by atoms with Gasteiger partial charge in [0.15, 0.2) is 0 Å². The number of hydrogen-bond donors (Lipinski definition) is 2. The predicted molar refractivity (Wildman–Crippen MR) is 107 cm³/mol. The Hall–Kier alpha value is -2.84. The molecule has 0 aliphatic carbocycles. The van der Waals surface area contributed by atoms with Crippen molar-refractivity contribution >= 4 is 40.0 Å². The van der Waals surface area contributed by atoms with Crippen LogP contribution in [0.25, 0.3) is 10.9 Å². The Morgan fingerprint density at radius 3 is 2.70 bits per heavy atom. The number of carbonyl (C=O) groups is 2. The second kappa shape index (κ2) is 7.77. The second-order valence-electron chi connectivity index (χ2n) is 7.05. The average Bonchev–Trinajstić information content (AvgIpc) is 3.21. The number of nitrogens with zero attached hydrogens (tertiary/aromatic N) is 1. The largest absolute Gasteiger partial charge is 0.418 e. The minimum atomic E-state index is -4.67. The summed E-state index contributed by atoms with van der Waals surface area (Å²) >= 11 is 6.04. The van der Waals surface area contributed by atoms with E-state index in [-0.39, 0.29) is 6.42 Å². The second-order valence-corrected chi connectivity index (χ2v) is 7.48. The van der Waals surface area contributed by atoms with Gasteiger partial charge in [-0.05, 0) is 42.3 Å². The number of H-pyrrole nitrogens is 1. The van der Waals surface area contributed by atoms with Crippen LogP contribution in [-0.4, -0.2) is 29.4 Å². The van der Waals surface area contributed by atoms with E-state index in [1.54, 1.807) is 6.07 Å². The fourth-order valence-corrected chi connectivity index (χ4v) is 3.86. The van der Waals surface area contributed by atoms with Crippen molar-refractivity contribution in [3.05, 3.63) is 64.8 Å². The maximum absolute atomic E-state index is 13.3. The van der Waals surface area contributed by atoms with E-state index in [1.807, 2.05) is 18.3 Å². The van der Waals surface area contributed by atoms with Crippen molar-refractivity contribution < 1.29 is 22.8 Å². The summed E-state index contributed by atoms with van der Waals surface area (Å²) in [4.78, 5) is 28.8. The first-order chi connectivity index (χ1) is 14.3. The number of alkyl halides is 3. The SMILES string of the molecule is O=C1CC(NCCc2c[nH]c3ccc(Cl)cc23)C(=O)N1c1ccccc1C(F)(F)F. The van der Waals surface area contributed by atoms with Crippen molar-refractivity contribution in [1.29, 1.82) is 0 Å². The number of fused-ring (bicyclic) bond motifs is 1. The highest BCUT2D eigenvalue weighted by Crippen LogP contribution is 2.38. The van der Waals surface area contributed by atoms with Crippen LogP contribution in [0.5, 0.6) is 0 Å². The quantitative estimate of drug-likeness (QED) is 0.587. The lowest BCUT2D eigenvalue weighted by atomic mass is 10.1. The molecule has 30 heavy (non-hydrogen) atoms. The Bertz CT molecular complexity index is 1130. The van der Waals surface area contributed by atoms with Crippen molar-refractivity contribution in [2.45, 2.75) is 25.1 Å². The van der Waals surface area contributed by atoms with Gasteiger partial charge in [0.05, 0.1) is 23.7 Å². The van der Waals surface area contributed by atoms with Gasteiger partial charge in [0, 0.05) is 28.7 Å². The van der Waals surface area contributed by atoms with Gasteiger partial charge in [-0.3, -0.25) is 9.59 Å². The van der Waals surface area contributed by atoms with E-state index in [9.17, 15) is 22.8 Å². The molecule has 1 saturated heterocycles. The summed E-state index contributed by atoms with van der Waals surface area (Å²) in [5.41, 5.74) is 0.464. The third-order valence-electron chi connectivity index (χ3n) is 5.11. The highest BCUT2D eigenvalue weighted by atomic mass is 35.5. The van der Waals surface area contributed by atoms with Gasteiger partial charge in [0.2, 0.25) is 5.91 Å². The first-order valence-electron chi connectivity index (χ1n) is 9.27. The summed E-state index contributed by atoms with van der Waals surface area (Å²) in [5.74, 6) is -1.34. The molecule has 9 heteroatoms. The number of anilines is 1. The first-order valence-corrected chi connectivity index (χ1v) is 9.65. The van der Waals surface area contributed by atoms with Gasteiger partial charge in [0.1, 0.15) is 0 Å². The number of rotatable bonds is 5. The minimum Gasteiger partial charge on any atom is -0.361 e. The normalized spacial score (nSPS) is 17.3. The van der Waals surface area contributed by atoms with Crippen LogP contribution >= 0.6 is 11.6 Å². The Kier molecular flexibility index (Phi) is 5.29.